The maximum atomic E-state index is 13.8. The summed E-state index contributed by atoms with van der Waals surface area (Å²) in [7, 11) is 3.62. The number of alkyl halides is 2. The van der Waals surface area contributed by atoms with Crippen molar-refractivity contribution in [3.63, 3.8) is 0 Å². The number of rotatable bonds is 13. The van der Waals surface area contributed by atoms with E-state index in [1.54, 1.807) is 165 Å². The quantitative estimate of drug-likeness (QED) is 0.0137. The number of hydrogen-bond donors (Lipinski definition) is 5. The molecule has 0 spiro atoms. The summed E-state index contributed by atoms with van der Waals surface area (Å²) in [5.74, 6) is -0.755. The van der Waals surface area contributed by atoms with Gasteiger partial charge in [0.25, 0.3) is 0 Å². The second kappa shape index (κ2) is 51.6. The molecule has 3 saturated heterocycles. The van der Waals surface area contributed by atoms with Crippen LogP contribution in [-0.4, -0.2) is 143 Å². The van der Waals surface area contributed by atoms with Crippen molar-refractivity contribution in [3.8, 4) is 17.2 Å². The van der Waals surface area contributed by atoms with E-state index in [-0.39, 0.29) is 141 Å². The first-order valence-corrected chi connectivity index (χ1v) is 32.7. The molecule has 3 aliphatic rings. The van der Waals surface area contributed by atoms with Crippen molar-refractivity contribution in [2.24, 2.45) is 11.5 Å². The van der Waals surface area contributed by atoms with E-state index < -0.39 is 78.2 Å². The van der Waals surface area contributed by atoms with Crippen LogP contribution in [0, 0.1) is 32.3 Å². The molecular weight excluding hydrogens is 1420 g/mol. The molecule has 3 fully saturated rings. The first kappa shape index (κ1) is 100. The maximum absolute atomic E-state index is 13.8. The van der Waals surface area contributed by atoms with Crippen LogP contribution in [0.15, 0.2) is 146 Å². The van der Waals surface area contributed by atoms with E-state index in [2.05, 4.69) is 5.73 Å². The van der Waals surface area contributed by atoms with Crippen molar-refractivity contribution in [2.75, 3.05) is 35.6 Å². The zero-order valence-corrected chi connectivity index (χ0v) is 68.7. The van der Waals surface area contributed by atoms with Crippen molar-refractivity contribution in [2.45, 2.75) is 173 Å². The van der Waals surface area contributed by atoms with Crippen LogP contribution in [0.1, 0.15) is 154 Å². The molecule has 22 nitrogen and oxygen atoms in total. The van der Waals surface area contributed by atoms with Crippen LogP contribution in [0.5, 0.6) is 17.2 Å². The Bertz CT molecular complexity index is 3580. The van der Waals surface area contributed by atoms with Gasteiger partial charge in [-0.15, -0.1) is 11.6 Å². The number of nitrogens with zero attached hydrogens (tertiary/aromatic N) is 3. The van der Waals surface area contributed by atoms with Gasteiger partial charge in [0.2, 0.25) is 12.3 Å². The standard InChI is InChI=1S/C24H28FNO5.C23H27FN2O4.C17H23NO5.C7H6ClF.CH3F.CH3NO.2CH4O.2CH3.2Na/c1-24(2,3)31-23(28)26-20(13-14-21(26)22(27)29-4)16-9-11-18(12-10-16)30-15-17-7-5-6-8-19(17)25;1-23(2,3)30-22(28)26-19(12-13-20(26)21(25)27)15-8-10-17(11-9-15)29-14-16-6-4-5-7-18(16)24;1-17(2,3)23-16(21)18-13(9-10-14(18)15(20)22-4)11-5-7-12(19)8-6-11;8-5-6-3-1-2-4-7(6)9;1-2;2-1-3;2*1-2;;;;/h5-12,20-21H,13-15H2,1-4H3;4-11,19-20H,12-14H2,1-3H3,(H2,25,27);5-8,13-14,19H,9-10H2,1-4H3;1-4H,5H2;1H3;1H,(H2,2,3);2*2H,1H3;2*1H3;;/q;;;;;;;;2*-1;2*+1/t20-,21+;19-,20+;13-,14+;;;;;;;;;/m111........./s1/i;;;;1D;;;;;;;. The third-order valence-corrected chi connectivity index (χ3v) is 15.1. The fourth-order valence-electron chi connectivity index (χ4n) is 10.6. The molecule has 576 valence electrons. The first-order valence-electron chi connectivity index (χ1n) is 32.9. The molecule has 106 heavy (non-hydrogen) atoms. The minimum atomic E-state index is -1.00. The molecule has 6 atom stereocenters. The second-order valence-corrected chi connectivity index (χ2v) is 25.6. The Kier molecular flexibility index (Phi) is 48.9. The number of halogens is 5. The molecule has 9 rings (SSSR count). The number of aliphatic hydroxyl groups is 2. The van der Waals surface area contributed by atoms with Crippen molar-refractivity contribution >= 4 is 54.1 Å². The topological polar surface area (TPSA) is 307 Å². The smallest absolute Gasteiger partial charge is 0.508 e. The summed E-state index contributed by atoms with van der Waals surface area (Å²) in [4.78, 5) is 87.3. The molecule has 0 saturated carbocycles. The second-order valence-electron chi connectivity index (χ2n) is 25.3. The van der Waals surface area contributed by atoms with Gasteiger partial charge in [0.15, 0.2) is 0 Å². The number of aromatic hydroxyl groups is 1. The molecule has 0 unspecified atom stereocenters. The zero-order chi connectivity index (χ0) is 77.8. The zero-order valence-electron chi connectivity index (χ0n) is 64.9. The molecular formula is C77H104ClF4N5Na2O17. The normalized spacial score (nSPS) is 16.6. The van der Waals surface area contributed by atoms with Crippen LogP contribution >= 0.6 is 11.6 Å². The van der Waals surface area contributed by atoms with E-state index >= 15 is 0 Å². The van der Waals surface area contributed by atoms with Gasteiger partial charge in [-0.25, -0.2) is 37.1 Å². The predicted octanol–water partition coefficient (Wildman–Crippen LogP) is 8.73. The third kappa shape index (κ3) is 33.6. The van der Waals surface area contributed by atoms with Gasteiger partial charge in [-0.1, -0.05) is 91.0 Å². The van der Waals surface area contributed by atoms with E-state index in [4.69, 9.17) is 66.9 Å². The van der Waals surface area contributed by atoms with E-state index in [9.17, 15) is 51.4 Å². The molecule has 5 amide bonds. The minimum Gasteiger partial charge on any atom is -0.508 e. The number of methoxy groups -OCH3 is 2. The minimum absolute atomic E-state index is 0. The third-order valence-electron chi connectivity index (χ3n) is 14.9. The summed E-state index contributed by atoms with van der Waals surface area (Å²) in [6.07, 6.45) is 1.91. The van der Waals surface area contributed by atoms with Crippen LogP contribution in [0.2, 0.25) is 0 Å². The summed E-state index contributed by atoms with van der Waals surface area (Å²) < 4.78 is 93.1. The van der Waals surface area contributed by atoms with Crippen LogP contribution in [-0.2, 0) is 62.0 Å². The molecule has 0 aliphatic carbocycles. The first-order chi connectivity index (χ1) is 48.7. The van der Waals surface area contributed by atoms with Gasteiger partial charge in [-0.2, -0.15) is 0 Å². The van der Waals surface area contributed by atoms with Gasteiger partial charge in [-0.05, 0) is 172 Å². The molecule has 29 heteroatoms. The van der Waals surface area contributed by atoms with Gasteiger partial charge in [0, 0.05) is 30.9 Å². The summed E-state index contributed by atoms with van der Waals surface area (Å²) in [5, 5.41) is 23.4. The molecule has 6 aromatic carbocycles. The monoisotopic (exact) mass is 1530 g/mol. The van der Waals surface area contributed by atoms with Crippen LogP contribution in [0.25, 0.3) is 0 Å². The fourth-order valence-corrected chi connectivity index (χ4v) is 10.8. The Morgan fingerprint density at radius 1 is 0.500 bits per heavy atom. The Balaban J connectivity index is -0.00000134. The molecule has 0 bridgehead atoms. The van der Waals surface area contributed by atoms with E-state index in [0.29, 0.717) is 66.7 Å². The van der Waals surface area contributed by atoms with Gasteiger partial charge >= 0.3 is 89.3 Å². The number of phenols is 1. The van der Waals surface area contributed by atoms with Crippen molar-refractivity contribution in [3.05, 3.63) is 211 Å². The van der Waals surface area contributed by atoms with Crippen molar-refractivity contribution < 1.29 is 160 Å². The largest absolute Gasteiger partial charge is 1.00 e. The number of benzene rings is 6. The van der Waals surface area contributed by atoms with Gasteiger partial charge in [0.05, 0.1) is 46.7 Å². The predicted molar refractivity (Wildman–Crippen MR) is 390 cm³/mol. The number of amides is 5. The number of primary amides is 2. The number of phenolic OH excluding ortho intramolecular Hbond substituents is 1. The van der Waals surface area contributed by atoms with Crippen molar-refractivity contribution in [1.82, 2.24) is 14.7 Å². The maximum Gasteiger partial charge on any atom is 1.00 e. The molecule has 3 aliphatic heterocycles. The molecule has 7 N–H and O–H groups in total. The van der Waals surface area contributed by atoms with E-state index in [0.717, 1.165) is 30.9 Å². The number of likely N-dealkylation sites (tertiary alicyclic amines) is 3. The molecule has 6 aromatic rings. The summed E-state index contributed by atoms with van der Waals surface area (Å²) in [6, 6.07) is 37.5. The Hall–Kier alpha value is -7.66. The summed E-state index contributed by atoms with van der Waals surface area (Å²) in [5.41, 5.74) is 11.7. The number of esters is 2. The number of hydrogen-bond acceptors (Lipinski definition) is 17. The SMILES string of the molecule is CC(C)(C)OC(=O)N1[C@@H](c2ccc(OCc3ccccc3F)cc2)CC[C@H]1C(N)=O.CO.CO.COC(=O)[C@@H]1CC[C@H](c2ccc(O)cc2)N1C(=O)OC(C)(C)C.COC(=O)[C@@H]1CC[C@H](c2ccc(OCc3ccccc3F)cc2)N1C(=O)OC(C)(C)C.Fc1ccccc1CCl.NC=O.[2H]CF.[CH3-].[CH3-].[Na+].[Na+]. The molecule has 0 radical (unpaired) electrons. The number of ether oxygens (including phenoxy) is 7. The molecule has 3 heterocycles. The number of nitrogens with two attached hydrogens (primary N) is 2. The number of carbonyl (C=O) groups is 7. The van der Waals surface area contributed by atoms with Gasteiger partial charge in [-0.3, -0.25) is 28.7 Å². The van der Waals surface area contributed by atoms with Gasteiger partial charge < -0.3 is 74.8 Å². The van der Waals surface area contributed by atoms with E-state index in [1.807, 2.05) is 24.3 Å². The van der Waals surface area contributed by atoms with Crippen LogP contribution < -0.4 is 80.1 Å². The van der Waals surface area contributed by atoms with E-state index in [1.165, 1.54) is 47.1 Å². The Morgan fingerprint density at radius 3 is 1.00 bits per heavy atom. The fraction of sp³-hybridized carbons (Fsp3) is 0.416. The average Bonchev–Trinajstić information content (AvgIpc) is 1.68. The van der Waals surface area contributed by atoms with Crippen LogP contribution in [0.4, 0.5) is 31.9 Å². The summed E-state index contributed by atoms with van der Waals surface area (Å²) in [6.45, 7) is 16.2. The molecule has 0 aromatic heterocycles. The number of carbonyl (C=O) groups excluding carboxylic acids is 7. The van der Waals surface area contributed by atoms with Crippen molar-refractivity contribution in [1.29, 1.82) is 0 Å². The van der Waals surface area contributed by atoms with Gasteiger partial charge in [0.1, 0.15) is 82.8 Å². The van der Waals surface area contributed by atoms with Crippen LogP contribution in [0.3, 0.4) is 0 Å². The number of aliphatic hydroxyl groups excluding tert-OH is 2. The average molecular weight is 1530 g/mol. The Morgan fingerprint density at radius 2 is 0.755 bits per heavy atom. The Labute approximate surface area is 672 Å². The summed E-state index contributed by atoms with van der Waals surface area (Å²) >= 11 is 5.39.